The van der Waals surface area contributed by atoms with Gasteiger partial charge in [-0.2, -0.15) is 0 Å². The molecule has 1 aliphatic rings. The second-order valence-corrected chi connectivity index (χ2v) is 11.5. The zero-order chi connectivity index (χ0) is 22.0. The predicted octanol–water partition coefficient (Wildman–Crippen LogP) is 2.82. The second kappa shape index (κ2) is 9.04. The average Bonchev–Trinajstić information content (AvgIpc) is 2.63. The number of likely N-dealkylation sites (tertiary alicyclic amines) is 1. The summed E-state index contributed by atoms with van der Waals surface area (Å²) >= 11 is 0. The first-order valence-electron chi connectivity index (χ1n) is 9.71. The molecular weight excluding hydrogens is 405 g/mol. The van der Waals surface area contributed by atoms with Crippen molar-refractivity contribution in [3.8, 4) is 0 Å². The Hall–Kier alpha value is -1.61. The van der Waals surface area contributed by atoms with Crippen molar-refractivity contribution in [3.05, 3.63) is 35.1 Å². The molecule has 1 saturated heterocycles. The maximum atomic E-state index is 13.8. The predicted molar refractivity (Wildman–Crippen MR) is 105 cm³/mol. The lowest BCUT2D eigenvalue weighted by molar-refractivity contribution is -0.132. The molecule has 9 heteroatoms. The summed E-state index contributed by atoms with van der Waals surface area (Å²) < 4.78 is 63.6. The Morgan fingerprint density at radius 2 is 1.69 bits per heavy atom. The van der Waals surface area contributed by atoms with Gasteiger partial charge in [0, 0.05) is 31.6 Å². The van der Waals surface area contributed by atoms with Crippen molar-refractivity contribution in [3.63, 3.8) is 0 Å². The molecule has 2 N–H and O–H groups in total. The molecule has 1 aromatic carbocycles. The van der Waals surface area contributed by atoms with Gasteiger partial charge in [0.25, 0.3) is 0 Å². The topological polar surface area (TPSA) is 80.5 Å². The van der Waals surface area contributed by atoms with Crippen molar-refractivity contribution < 1.29 is 26.4 Å². The van der Waals surface area contributed by atoms with E-state index in [4.69, 9.17) is 5.73 Å². The van der Waals surface area contributed by atoms with E-state index in [1.54, 1.807) is 25.7 Å². The summed E-state index contributed by atoms with van der Waals surface area (Å²) in [6.45, 7) is 5.70. The van der Waals surface area contributed by atoms with Gasteiger partial charge < -0.3 is 10.6 Å². The number of amides is 1. The van der Waals surface area contributed by atoms with Gasteiger partial charge in [-0.1, -0.05) is 0 Å². The molecule has 0 spiro atoms. The summed E-state index contributed by atoms with van der Waals surface area (Å²) in [5.74, 6) is -3.57. The van der Waals surface area contributed by atoms with Crippen LogP contribution in [0.4, 0.5) is 13.2 Å². The molecule has 1 aliphatic heterocycles. The number of rotatable bonds is 6. The lowest BCUT2D eigenvalue weighted by atomic mass is 9.86. The van der Waals surface area contributed by atoms with Crippen LogP contribution in [-0.2, 0) is 21.1 Å². The van der Waals surface area contributed by atoms with Crippen LogP contribution >= 0.6 is 0 Å². The van der Waals surface area contributed by atoms with Gasteiger partial charge in [-0.15, -0.1) is 0 Å². The third-order valence-electron chi connectivity index (χ3n) is 5.56. The standard InChI is InChI=1S/C20H29F3N2O3S/c1-20(2,3)29(27,28)9-6-19(26)25-7-4-13(5-8-25)18(24)11-14-10-16(22)17(23)12-15(14)21/h10,12-13,18H,4-9,11,24H2,1-3H3. The lowest BCUT2D eigenvalue weighted by Crippen LogP contribution is -2.44. The highest BCUT2D eigenvalue weighted by Gasteiger charge is 2.31. The number of piperidine rings is 1. The smallest absolute Gasteiger partial charge is 0.223 e. The first kappa shape index (κ1) is 23.7. The van der Waals surface area contributed by atoms with E-state index in [0.717, 1.165) is 6.07 Å². The summed E-state index contributed by atoms with van der Waals surface area (Å²) in [6, 6.07) is 0.899. The van der Waals surface area contributed by atoms with Crippen molar-refractivity contribution in [1.29, 1.82) is 0 Å². The quantitative estimate of drug-likeness (QED) is 0.699. The van der Waals surface area contributed by atoms with Crippen LogP contribution in [-0.4, -0.2) is 48.9 Å². The Kier molecular flexibility index (Phi) is 7.37. The van der Waals surface area contributed by atoms with E-state index in [-0.39, 0.29) is 36.0 Å². The van der Waals surface area contributed by atoms with E-state index in [9.17, 15) is 26.4 Å². The molecule has 1 unspecified atom stereocenters. The number of carbonyl (C=O) groups excluding carboxylic acids is 1. The molecule has 164 valence electrons. The minimum absolute atomic E-state index is 0.00451. The Morgan fingerprint density at radius 1 is 1.14 bits per heavy atom. The van der Waals surface area contributed by atoms with Crippen LogP contribution in [0.2, 0.25) is 0 Å². The van der Waals surface area contributed by atoms with E-state index in [1.807, 2.05) is 0 Å². The number of benzene rings is 1. The minimum Gasteiger partial charge on any atom is -0.343 e. The maximum Gasteiger partial charge on any atom is 0.223 e. The molecule has 0 radical (unpaired) electrons. The number of halogens is 3. The van der Waals surface area contributed by atoms with Crippen LogP contribution < -0.4 is 5.73 Å². The Morgan fingerprint density at radius 3 is 2.24 bits per heavy atom. The van der Waals surface area contributed by atoms with Crippen LogP contribution in [0.25, 0.3) is 0 Å². The molecule has 2 rings (SSSR count). The third kappa shape index (κ3) is 5.94. The number of sulfone groups is 1. The third-order valence-corrected chi connectivity index (χ3v) is 8.17. The Balaban J connectivity index is 1.87. The Labute approximate surface area is 170 Å². The number of nitrogens with two attached hydrogens (primary N) is 1. The molecule has 1 fully saturated rings. The van der Waals surface area contributed by atoms with E-state index in [2.05, 4.69) is 0 Å². The van der Waals surface area contributed by atoms with Gasteiger partial charge in [0.1, 0.15) is 5.82 Å². The highest BCUT2D eigenvalue weighted by molar-refractivity contribution is 7.92. The molecule has 1 heterocycles. The molecule has 1 aromatic rings. The second-order valence-electron chi connectivity index (χ2n) is 8.63. The van der Waals surface area contributed by atoms with E-state index >= 15 is 0 Å². The minimum atomic E-state index is -3.36. The lowest BCUT2D eigenvalue weighted by Gasteiger charge is -2.35. The fourth-order valence-corrected chi connectivity index (χ4v) is 4.46. The summed E-state index contributed by atoms with van der Waals surface area (Å²) in [5, 5.41) is 0. The zero-order valence-electron chi connectivity index (χ0n) is 17.1. The SMILES string of the molecule is CC(C)(C)S(=O)(=O)CCC(=O)N1CCC(C(N)Cc2cc(F)c(F)cc2F)CC1. The molecule has 1 amide bonds. The number of carbonyl (C=O) groups is 1. The zero-order valence-corrected chi connectivity index (χ0v) is 17.9. The first-order chi connectivity index (χ1) is 13.3. The molecule has 0 bridgehead atoms. The number of hydrogen-bond donors (Lipinski definition) is 1. The maximum absolute atomic E-state index is 13.8. The molecular formula is C20H29F3N2O3S. The van der Waals surface area contributed by atoms with Gasteiger partial charge in [0.2, 0.25) is 5.91 Å². The van der Waals surface area contributed by atoms with Crippen LogP contribution in [0.5, 0.6) is 0 Å². The van der Waals surface area contributed by atoms with Crippen molar-refractivity contribution >= 4 is 15.7 Å². The molecule has 5 nitrogen and oxygen atoms in total. The van der Waals surface area contributed by atoms with Crippen LogP contribution in [0, 0.1) is 23.4 Å². The van der Waals surface area contributed by atoms with Crippen LogP contribution in [0.3, 0.4) is 0 Å². The Bertz CT molecular complexity index is 845. The van der Waals surface area contributed by atoms with E-state index < -0.39 is 38.1 Å². The van der Waals surface area contributed by atoms with Gasteiger partial charge >= 0.3 is 0 Å². The fraction of sp³-hybridized carbons (Fsp3) is 0.650. The molecule has 29 heavy (non-hydrogen) atoms. The largest absolute Gasteiger partial charge is 0.343 e. The van der Waals surface area contributed by atoms with Crippen molar-refractivity contribution in [1.82, 2.24) is 4.90 Å². The molecule has 0 aliphatic carbocycles. The molecule has 0 aromatic heterocycles. The van der Waals surface area contributed by atoms with Gasteiger partial charge in [-0.3, -0.25) is 4.79 Å². The van der Waals surface area contributed by atoms with Crippen LogP contribution in [0.1, 0.15) is 45.6 Å². The first-order valence-corrected chi connectivity index (χ1v) is 11.4. The van der Waals surface area contributed by atoms with Gasteiger partial charge in [0.05, 0.1) is 10.5 Å². The van der Waals surface area contributed by atoms with E-state index in [1.165, 1.54) is 0 Å². The molecule has 1 atom stereocenters. The summed E-state index contributed by atoms with van der Waals surface area (Å²) in [4.78, 5) is 14.0. The van der Waals surface area contributed by atoms with Gasteiger partial charge in [-0.25, -0.2) is 21.6 Å². The number of hydrogen-bond acceptors (Lipinski definition) is 4. The van der Waals surface area contributed by atoms with Crippen molar-refractivity contribution in [2.45, 2.75) is 57.2 Å². The van der Waals surface area contributed by atoms with Gasteiger partial charge in [-0.05, 0) is 57.6 Å². The van der Waals surface area contributed by atoms with Crippen molar-refractivity contribution in [2.24, 2.45) is 11.7 Å². The monoisotopic (exact) mass is 434 g/mol. The summed E-state index contributed by atoms with van der Waals surface area (Å²) in [7, 11) is -3.36. The highest BCUT2D eigenvalue weighted by Crippen LogP contribution is 2.24. The van der Waals surface area contributed by atoms with Crippen molar-refractivity contribution in [2.75, 3.05) is 18.8 Å². The van der Waals surface area contributed by atoms with Crippen LogP contribution in [0.15, 0.2) is 12.1 Å². The molecule has 0 saturated carbocycles. The fourth-order valence-electron chi connectivity index (χ4n) is 3.40. The number of nitrogens with zero attached hydrogens (tertiary/aromatic N) is 1. The highest BCUT2D eigenvalue weighted by atomic mass is 32.2. The van der Waals surface area contributed by atoms with E-state index in [0.29, 0.717) is 32.0 Å². The summed E-state index contributed by atoms with van der Waals surface area (Å²) in [5.41, 5.74) is 6.19. The summed E-state index contributed by atoms with van der Waals surface area (Å²) in [6.07, 6.45) is 1.19. The average molecular weight is 435 g/mol. The van der Waals surface area contributed by atoms with Gasteiger partial charge in [0.15, 0.2) is 21.5 Å². The normalized spacial score (nSPS) is 17.4.